The largest absolute Gasteiger partial charge is 0.355 e. The zero-order valence-electron chi connectivity index (χ0n) is 10.5. The second-order valence-electron chi connectivity index (χ2n) is 4.11. The van der Waals surface area contributed by atoms with Gasteiger partial charge in [-0.15, -0.1) is 12.4 Å². The summed E-state index contributed by atoms with van der Waals surface area (Å²) < 4.78 is 0. The van der Waals surface area contributed by atoms with Crippen LogP contribution in [-0.2, 0) is 4.79 Å². The number of unbranched alkanes of at least 4 members (excludes halogenated alkanes) is 3. The van der Waals surface area contributed by atoms with Crippen molar-refractivity contribution in [1.29, 1.82) is 0 Å². The number of nitrogens with one attached hydrogen (secondary N) is 1. The molecule has 5 heteroatoms. The van der Waals surface area contributed by atoms with Gasteiger partial charge in [0.15, 0.2) is 0 Å². The maximum atomic E-state index is 11.3. The minimum absolute atomic E-state index is 0. The molecule has 0 aliphatic carbocycles. The first-order chi connectivity index (χ1) is 7.16. The summed E-state index contributed by atoms with van der Waals surface area (Å²) in [4.78, 5) is 13.4. The molecule has 0 aliphatic heterocycles. The summed E-state index contributed by atoms with van der Waals surface area (Å²) in [6.07, 6.45) is 4.95. The molecule has 0 aromatic carbocycles. The molecule has 0 saturated heterocycles. The lowest BCUT2D eigenvalue weighted by molar-refractivity contribution is -0.121. The third-order valence-electron chi connectivity index (χ3n) is 2.24. The summed E-state index contributed by atoms with van der Waals surface area (Å²) in [6, 6.07) is 0. The van der Waals surface area contributed by atoms with Gasteiger partial charge < -0.3 is 16.0 Å². The van der Waals surface area contributed by atoms with Crippen molar-refractivity contribution in [1.82, 2.24) is 10.2 Å². The van der Waals surface area contributed by atoms with Crippen LogP contribution in [0.25, 0.3) is 0 Å². The molecular formula is C11H26ClN3O. The number of amides is 1. The Bertz CT molecular complexity index is 165. The summed E-state index contributed by atoms with van der Waals surface area (Å²) in [6.45, 7) is 2.41. The number of rotatable bonds is 9. The Balaban J connectivity index is 0. The van der Waals surface area contributed by atoms with E-state index < -0.39 is 0 Å². The number of halogens is 1. The number of carbonyl (C=O) groups is 1. The molecule has 0 fully saturated rings. The minimum Gasteiger partial charge on any atom is -0.355 e. The molecule has 0 bridgehead atoms. The van der Waals surface area contributed by atoms with Gasteiger partial charge in [-0.2, -0.15) is 0 Å². The predicted molar refractivity (Wildman–Crippen MR) is 71.0 cm³/mol. The molecule has 0 radical (unpaired) electrons. The van der Waals surface area contributed by atoms with Gasteiger partial charge in [0, 0.05) is 19.5 Å². The van der Waals surface area contributed by atoms with E-state index in [-0.39, 0.29) is 18.3 Å². The van der Waals surface area contributed by atoms with Gasteiger partial charge in [0.2, 0.25) is 5.91 Å². The lowest BCUT2D eigenvalue weighted by atomic mass is 10.1. The third kappa shape index (κ3) is 13.7. The van der Waals surface area contributed by atoms with Crippen molar-refractivity contribution in [3.8, 4) is 0 Å². The number of carbonyl (C=O) groups excluding carboxylic acids is 1. The summed E-state index contributed by atoms with van der Waals surface area (Å²) in [7, 11) is 4.00. The van der Waals surface area contributed by atoms with Gasteiger partial charge in [0.05, 0.1) is 0 Å². The average molecular weight is 252 g/mol. The molecule has 0 saturated carbocycles. The summed E-state index contributed by atoms with van der Waals surface area (Å²) in [5, 5.41) is 2.90. The molecule has 98 valence electrons. The minimum atomic E-state index is 0. The van der Waals surface area contributed by atoms with Gasteiger partial charge in [-0.3, -0.25) is 4.79 Å². The number of hydrogen-bond donors (Lipinski definition) is 2. The number of hydrogen-bond acceptors (Lipinski definition) is 3. The van der Waals surface area contributed by atoms with E-state index in [1.54, 1.807) is 0 Å². The Labute approximate surface area is 105 Å². The van der Waals surface area contributed by atoms with Gasteiger partial charge in [-0.1, -0.05) is 12.8 Å². The quantitative estimate of drug-likeness (QED) is 0.601. The van der Waals surface area contributed by atoms with Crippen molar-refractivity contribution in [2.75, 3.05) is 33.7 Å². The molecule has 0 atom stereocenters. The van der Waals surface area contributed by atoms with Crippen molar-refractivity contribution in [3.05, 3.63) is 0 Å². The molecule has 0 aliphatic rings. The monoisotopic (exact) mass is 251 g/mol. The molecule has 3 N–H and O–H groups in total. The highest BCUT2D eigenvalue weighted by atomic mass is 35.5. The normalized spacial score (nSPS) is 10.0. The van der Waals surface area contributed by atoms with E-state index in [2.05, 4.69) is 10.2 Å². The second-order valence-corrected chi connectivity index (χ2v) is 4.11. The SMILES string of the molecule is CN(C)CCNC(=O)CCCCCCN.Cl. The zero-order valence-corrected chi connectivity index (χ0v) is 11.3. The molecule has 0 unspecified atom stereocenters. The highest BCUT2D eigenvalue weighted by Crippen LogP contribution is 2.01. The van der Waals surface area contributed by atoms with E-state index in [4.69, 9.17) is 5.73 Å². The summed E-state index contributed by atoms with van der Waals surface area (Å²) in [5.41, 5.74) is 5.38. The van der Waals surface area contributed by atoms with Crippen LogP contribution in [0, 0.1) is 0 Å². The van der Waals surface area contributed by atoms with Crippen LogP contribution in [0.15, 0.2) is 0 Å². The molecule has 0 rings (SSSR count). The highest BCUT2D eigenvalue weighted by molar-refractivity contribution is 5.85. The lowest BCUT2D eigenvalue weighted by Gasteiger charge is -2.10. The molecular weight excluding hydrogens is 226 g/mol. The standard InChI is InChI=1S/C11H25N3O.ClH/c1-14(2)10-9-13-11(15)7-5-3-4-6-8-12;/h3-10,12H2,1-2H3,(H,13,15);1H. The van der Waals surface area contributed by atoms with Crippen LogP contribution in [0.1, 0.15) is 32.1 Å². The molecule has 0 aromatic heterocycles. The van der Waals surface area contributed by atoms with Crippen molar-refractivity contribution in [3.63, 3.8) is 0 Å². The van der Waals surface area contributed by atoms with E-state index in [1.807, 2.05) is 14.1 Å². The molecule has 1 amide bonds. The second kappa shape index (κ2) is 12.7. The maximum Gasteiger partial charge on any atom is 0.220 e. The van der Waals surface area contributed by atoms with Crippen LogP contribution in [0.4, 0.5) is 0 Å². The summed E-state index contributed by atoms with van der Waals surface area (Å²) >= 11 is 0. The van der Waals surface area contributed by atoms with Crippen LogP contribution in [-0.4, -0.2) is 44.5 Å². The lowest BCUT2D eigenvalue weighted by Crippen LogP contribution is -2.31. The Morgan fingerprint density at radius 3 is 2.38 bits per heavy atom. The molecule has 0 aromatic rings. The fraction of sp³-hybridized carbons (Fsp3) is 0.909. The highest BCUT2D eigenvalue weighted by Gasteiger charge is 2.00. The van der Waals surface area contributed by atoms with Crippen molar-refractivity contribution in [2.24, 2.45) is 5.73 Å². The number of nitrogens with two attached hydrogens (primary N) is 1. The van der Waals surface area contributed by atoms with Crippen LogP contribution < -0.4 is 11.1 Å². The van der Waals surface area contributed by atoms with Crippen molar-refractivity contribution in [2.45, 2.75) is 32.1 Å². The van der Waals surface area contributed by atoms with Gasteiger partial charge in [-0.25, -0.2) is 0 Å². The van der Waals surface area contributed by atoms with Gasteiger partial charge in [0.25, 0.3) is 0 Å². The molecule has 16 heavy (non-hydrogen) atoms. The zero-order chi connectivity index (χ0) is 11.5. The fourth-order valence-electron chi connectivity index (χ4n) is 1.29. The first-order valence-electron chi connectivity index (χ1n) is 5.78. The average Bonchev–Trinajstić information content (AvgIpc) is 2.17. The molecule has 4 nitrogen and oxygen atoms in total. The van der Waals surface area contributed by atoms with E-state index in [1.165, 1.54) is 0 Å². The van der Waals surface area contributed by atoms with Gasteiger partial charge in [-0.05, 0) is 33.5 Å². The smallest absolute Gasteiger partial charge is 0.220 e. The number of likely N-dealkylation sites (N-methyl/N-ethyl adjacent to an activating group) is 1. The summed E-state index contributed by atoms with van der Waals surface area (Å²) in [5.74, 6) is 0.171. The van der Waals surface area contributed by atoms with Gasteiger partial charge in [0.1, 0.15) is 0 Å². The Morgan fingerprint density at radius 1 is 1.19 bits per heavy atom. The number of nitrogens with zero attached hydrogens (tertiary/aromatic N) is 1. The maximum absolute atomic E-state index is 11.3. The Hall–Kier alpha value is -0.320. The molecule has 0 spiro atoms. The Morgan fingerprint density at radius 2 is 1.81 bits per heavy atom. The van der Waals surface area contributed by atoms with E-state index in [0.717, 1.165) is 45.3 Å². The van der Waals surface area contributed by atoms with E-state index >= 15 is 0 Å². The van der Waals surface area contributed by atoms with Gasteiger partial charge >= 0.3 is 0 Å². The van der Waals surface area contributed by atoms with E-state index in [9.17, 15) is 4.79 Å². The van der Waals surface area contributed by atoms with E-state index in [0.29, 0.717) is 6.42 Å². The van der Waals surface area contributed by atoms with Crippen LogP contribution in [0.5, 0.6) is 0 Å². The first-order valence-corrected chi connectivity index (χ1v) is 5.78. The van der Waals surface area contributed by atoms with Crippen molar-refractivity contribution >= 4 is 18.3 Å². The van der Waals surface area contributed by atoms with Crippen LogP contribution in [0.2, 0.25) is 0 Å². The van der Waals surface area contributed by atoms with Crippen molar-refractivity contribution < 1.29 is 4.79 Å². The van der Waals surface area contributed by atoms with Crippen LogP contribution in [0.3, 0.4) is 0 Å². The molecule has 0 heterocycles. The van der Waals surface area contributed by atoms with Crippen LogP contribution >= 0.6 is 12.4 Å². The topological polar surface area (TPSA) is 58.4 Å². The fourth-order valence-corrected chi connectivity index (χ4v) is 1.29. The Kier molecular flexibility index (Phi) is 14.4. The third-order valence-corrected chi connectivity index (χ3v) is 2.24. The predicted octanol–water partition coefficient (Wildman–Crippen LogP) is 0.995. The first kappa shape index (κ1) is 18.1.